The molecular formula is C24H28ClN3O4S. The number of nitrogens with one attached hydrogen (secondary N) is 1. The Kier molecular flexibility index (Phi) is 8.63. The summed E-state index contributed by atoms with van der Waals surface area (Å²) in [7, 11) is 3.15. The van der Waals surface area contributed by atoms with E-state index in [1.165, 1.54) is 12.0 Å². The summed E-state index contributed by atoms with van der Waals surface area (Å²) >= 11 is 7.60. The maximum Gasteiger partial charge on any atom is 0.257 e. The van der Waals surface area contributed by atoms with E-state index in [0.29, 0.717) is 42.3 Å². The Bertz CT molecular complexity index is 1020. The molecular weight excluding hydrogens is 462 g/mol. The van der Waals surface area contributed by atoms with Crippen LogP contribution in [-0.2, 0) is 9.59 Å². The van der Waals surface area contributed by atoms with E-state index in [2.05, 4.69) is 5.32 Å². The van der Waals surface area contributed by atoms with Crippen LogP contribution in [0.25, 0.3) is 0 Å². The highest BCUT2D eigenvalue weighted by Crippen LogP contribution is 2.27. The number of benzene rings is 2. The van der Waals surface area contributed by atoms with Crippen molar-refractivity contribution in [1.29, 1.82) is 0 Å². The Hall–Kier alpha value is -2.71. The molecule has 1 saturated heterocycles. The molecule has 9 heteroatoms. The predicted octanol–water partition coefficient (Wildman–Crippen LogP) is 4.02. The molecule has 0 unspecified atom stereocenters. The van der Waals surface area contributed by atoms with Crippen molar-refractivity contribution in [2.24, 2.45) is 5.92 Å². The van der Waals surface area contributed by atoms with Crippen LogP contribution < -0.4 is 10.1 Å². The fourth-order valence-electron chi connectivity index (χ4n) is 3.89. The van der Waals surface area contributed by atoms with Gasteiger partial charge in [-0.25, -0.2) is 0 Å². The second-order valence-corrected chi connectivity index (χ2v) is 9.14. The third-order valence-electron chi connectivity index (χ3n) is 5.66. The zero-order valence-electron chi connectivity index (χ0n) is 19.0. The molecule has 0 saturated carbocycles. The van der Waals surface area contributed by atoms with Gasteiger partial charge in [-0.15, -0.1) is 11.8 Å². The normalized spacial score (nSPS) is 14.0. The molecule has 2 aromatic carbocycles. The van der Waals surface area contributed by atoms with E-state index >= 15 is 0 Å². The van der Waals surface area contributed by atoms with Gasteiger partial charge in [0.05, 0.1) is 24.9 Å². The Morgan fingerprint density at radius 3 is 2.55 bits per heavy atom. The maximum absolute atomic E-state index is 13.0. The minimum atomic E-state index is -0.243. The van der Waals surface area contributed by atoms with Crippen molar-refractivity contribution in [3.8, 4) is 5.75 Å². The number of nitrogens with zero attached hydrogens (tertiary/aromatic N) is 2. The molecule has 1 aliphatic heterocycles. The number of para-hydroxylation sites is 1. The lowest BCUT2D eigenvalue weighted by atomic mass is 9.94. The van der Waals surface area contributed by atoms with Crippen LogP contribution in [0.2, 0.25) is 5.02 Å². The van der Waals surface area contributed by atoms with E-state index in [4.69, 9.17) is 16.3 Å². The standard InChI is InChI=1S/C24H28ClN3O4S/c1-27(15-22(29)26-19-6-4-5-7-21(19)33-3)23(30)16-10-12-28(13-11-16)24(31)18-14-17(25)8-9-20(18)32-2/h4-9,14,16H,10-13,15H2,1-3H3,(H,26,29). The minimum Gasteiger partial charge on any atom is -0.496 e. The van der Waals surface area contributed by atoms with Gasteiger partial charge in [0.25, 0.3) is 5.91 Å². The second-order valence-electron chi connectivity index (χ2n) is 7.85. The Morgan fingerprint density at radius 1 is 1.18 bits per heavy atom. The molecule has 1 heterocycles. The lowest BCUT2D eigenvalue weighted by Crippen LogP contribution is -2.45. The van der Waals surface area contributed by atoms with Crippen molar-refractivity contribution in [2.45, 2.75) is 17.7 Å². The van der Waals surface area contributed by atoms with Gasteiger partial charge in [0, 0.05) is 36.0 Å². The van der Waals surface area contributed by atoms with Gasteiger partial charge in [0.15, 0.2) is 0 Å². The molecule has 33 heavy (non-hydrogen) atoms. The van der Waals surface area contributed by atoms with Crippen LogP contribution in [-0.4, -0.2) is 67.6 Å². The fourth-order valence-corrected chi connectivity index (χ4v) is 4.62. The van der Waals surface area contributed by atoms with E-state index in [1.54, 1.807) is 41.9 Å². The van der Waals surface area contributed by atoms with E-state index in [9.17, 15) is 14.4 Å². The van der Waals surface area contributed by atoms with Gasteiger partial charge >= 0.3 is 0 Å². The van der Waals surface area contributed by atoms with Gasteiger partial charge < -0.3 is 19.9 Å². The zero-order valence-corrected chi connectivity index (χ0v) is 20.5. The van der Waals surface area contributed by atoms with Crippen LogP contribution in [0.5, 0.6) is 5.75 Å². The first-order valence-electron chi connectivity index (χ1n) is 10.6. The minimum absolute atomic E-state index is 0.0274. The van der Waals surface area contributed by atoms with E-state index in [1.807, 2.05) is 30.5 Å². The number of ether oxygens (including phenoxy) is 1. The van der Waals surface area contributed by atoms with Crippen LogP contribution in [0.4, 0.5) is 5.69 Å². The topological polar surface area (TPSA) is 79.0 Å². The third kappa shape index (κ3) is 6.21. The molecule has 0 spiro atoms. The number of anilines is 1. The van der Waals surface area contributed by atoms with Crippen molar-refractivity contribution in [1.82, 2.24) is 9.80 Å². The Labute approximate surface area is 203 Å². The Morgan fingerprint density at radius 2 is 1.88 bits per heavy atom. The summed E-state index contributed by atoms with van der Waals surface area (Å²) in [6, 6.07) is 12.5. The number of rotatable bonds is 7. The predicted molar refractivity (Wildman–Crippen MR) is 131 cm³/mol. The molecule has 0 aromatic heterocycles. The summed E-state index contributed by atoms with van der Waals surface area (Å²) in [6.07, 6.45) is 3.02. The molecule has 3 rings (SSSR count). The number of methoxy groups -OCH3 is 1. The van der Waals surface area contributed by atoms with Crippen molar-refractivity contribution in [3.05, 3.63) is 53.1 Å². The summed E-state index contributed by atoms with van der Waals surface area (Å²) < 4.78 is 5.29. The summed E-state index contributed by atoms with van der Waals surface area (Å²) in [5, 5.41) is 3.34. The first kappa shape index (κ1) is 24.9. The quantitative estimate of drug-likeness (QED) is 0.594. The third-order valence-corrected chi connectivity index (χ3v) is 6.69. The van der Waals surface area contributed by atoms with Crippen molar-refractivity contribution < 1.29 is 19.1 Å². The molecule has 3 amide bonds. The van der Waals surface area contributed by atoms with Gasteiger partial charge in [-0.3, -0.25) is 14.4 Å². The van der Waals surface area contributed by atoms with Crippen LogP contribution in [0, 0.1) is 5.92 Å². The molecule has 0 bridgehead atoms. The number of likely N-dealkylation sites (tertiary alicyclic amines) is 1. The van der Waals surface area contributed by atoms with Crippen LogP contribution >= 0.6 is 23.4 Å². The summed E-state index contributed by atoms with van der Waals surface area (Å²) in [5.74, 6) is -0.257. The number of carbonyl (C=O) groups is 3. The summed E-state index contributed by atoms with van der Waals surface area (Å²) in [4.78, 5) is 42.5. The first-order chi connectivity index (χ1) is 15.8. The van der Waals surface area contributed by atoms with Crippen molar-refractivity contribution in [3.63, 3.8) is 0 Å². The molecule has 176 valence electrons. The molecule has 0 radical (unpaired) electrons. The first-order valence-corrected chi connectivity index (χ1v) is 12.2. The summed E-state index contributed by atoms with van der Waals surface area (Å²) in [6.45, 7) is 0.874. The van der Waals surface area contributed by atoms with Crippen LogP contribution in [0.1, 0.15) is 23.2 Å². The molecule has 0 aliphatic carbocycles. The highest BCUT2D eigenvalue weighted by Gasteiger charge is 2.31. The average molecular weight is 490 g/mol. The smallest absolute Gasteiger partial charge is 0.257 e. The lowest BCUT2D eigenvalue weighted by Gasteiger charge is -2.33. The zero-order chi connectivity index (χ0) is 24.0. The molecule has 1 aliphatic rings. The van der Waals surface area contributed by atoms with Crippen LogP contribution in [0.15, 0.2) is 47.4 Å². The number of likely N-dealkylation sites (N-methyl/N-ethyl adjacent to an activating group) is 1. The monoisotopic (exact) mass is 489 g/mol. The lowest BCUT2D eigenvalue weighted by molar-refractivity contribution is -0.138. The number of hydrogen-bond acceptors (Lipinski definition) is 5. The Balaban J connectivity index is 1.54. The van der Waals surface area contributed by atoms with Crippen molar-refractivity contribution in [2.75, 3.05) is 45.4 Å². The van der Waals surface area contributed by atoms with Gasteiger partial charge in [-0.1, -0.05) is 23.7 Å². The van der Waals surface area contributed by atoms with Gasteiger partial charge in [0.2, 0.25) is 11.8 Å². The number of piperidine rings is 1. The van der Waals surface area contributed by atoms with E-state index < -0.39 is 0 Å². The number of hydrogen-bond donors (Lipinski definition) is 1. The van der Waals surface area contributed by atoms with Gasteiger partial charge in [0.1, 0.15) is 5.75 Å². The average Bonchev–Trinajstić information content (AvgIpc) is 2.83. The summed E-state index contributed by atoms with van der Waals surface area (Å²) in [5.41, 5.74) is 1.15. The number of halogens is 1. The molecule has 1 N–H and O–H groups in total. The molecule has 0 atom stereocenters. The van der Waals surface area contributed by atoms with Crippen molar-refractivity contribution >= 4 is 46.8 Å². The number of amides is 3. The van der Waals surface area contributed by atoms with Gasteiger partial charge in [-0.05, 0) is 49.4 Å². The highest BCUT2D eigenvalue weighted by molar-refractivity contribution is 7.98. The van der Waals surface area contributed by atoms with Crippen LogP contribution in [0.3, 0.4) is 0 Å². The largest absolute Gasteiger partial charge is 0.496 e. The fraction of sp³-hybridized carbons (Fsp3) is 0.375. The van der Waals surface area contributed by atoms with Gasteiger partial charge in [-0.2, -0.15) is 0 Å². The SMILES string of the molecule is COc1ccc(Cl)cc1C(=O)N1CCC(C(=O)N(C)CC(=O)Nc2ccccc2SC)CC1. The number of carbonyl (C=O) groups excluding carboxylic acids is 3. The number of thioether (sulfide) groups is 1. The molecule has 7 nitrogen and oxygen atoms in total. The second kappa shape index (κ2) is 11.4. The van der Waals surface area contributed by atoms with E-state index in [0.717, 1.165) is 10.6 Å². The highest BCUT2D eigenvalue weighted by atomic mass is 35.5. The van der Waals surface area contributed by atoms with E-state index in [-0.39, 0.29) is 30.2 Å². The molecule has 2 aromatic rings. The maximum atomic E-state index is 13.0. The molecule has 1 fully saturated rings.